The molecule has 0 bridgehead atoms. The molecular formula is C27H27ClFN5O2. The number of aromatic nitrogens is 5. The fraction of sp³-hybridized carbons (Fsp3) is 0.407. The molecule has 0 N–H and O–H groups in total. The first-order valence-electron chi connectivity index (χ1n) is 12.3. The summed E-state index contributed by atoms with van der Waals surface area (Å²) in [5.74, 6) is -0.498. The fourth-order valence-corrected chi connectivity index (χ4v) is 5.23. The van der Waals surface area contributed by atoms with E-state index in [0.717, 1.165) is 12.0 Å². The average Bonchev–Trinajstić information content (AvgIpc) is 3.58. The molecule has 1 aromatic carbocycles. The molecule has 0 spiro atoms. The van der Waals surface area contributed by atoms with Crippen LogP contribution in [0.3, 0.4) is 0 Å². The molecule has 7 nitrogen and oxygen atoms in total. The SMILES string of the molecule is Cc1nc2c(-c3ccc(Cl)cc3F)nc([C@H]3C[C@H](C)O[C@@H](c4cnn(C5CC5)c4)C3)cn2c(=O)c1C. The summed E-state index contributed by atoms with van der Waals surface area (Å²) in [7, 11) is 0. The minimum atomic E-state index is -0.507. The molecule has 3 atom stereocenters. The van der Waals surface area contributed by atoms with Crippen molar-refractivity contribution >= 4 is 17.2 Å². The molecule has 0 amide bonds. The van der Waals surface area contributed by atoms with Gasteiger partial charge >= 0.3 is 0 Å². The van der Waals surface area contributed by atoms with Gasteiger partial charge in [-0.1, -0.05) is 11.6 Å². The highest BCUT2D eigenvalue weighted by atomic mass is 35.5. The molecule has 1 saturated carbocycles. The van der Waals surface area contributed by atoms with Gasteiger partial charge in [0.2, 0.25) is 0 Å². The summed E-state index contributed by atoms with van der Waals surface area (Å²) in [5, 5.41) is 4.83. The molecule has 1 aliphatic carbocycles. The Morgan fingerprint density at radius 3 is 2.69 bits per heavy atom. The Kier molecular flexibility index (Phi) is 5.68. The van der Waals surface area contributed by atoms with Crippen molar-refractivity contribution < 1.29 is 9.13 Å². The predicted octanol–water partition coefficient (Wildman–Crippen LogP) is 5.72. The number of fused-ring (bicyclic) bond motifs is 1. The minimum Gasteiger partial charge on any atom is -0.370 e. The van der Waals surface area contributed by atoms with Gasteiger partial charge in [0.05, 0.1) is 30.1 Å². The molecular weight excluding hydrogens is 481 g/mol. The van der Waals surface area contributed by atoms with Crippen molar-refractivity contribution in [1.82, 2.24) is 24.1 Å². The summed E-state index contributed by atoms with van der Waals surface area (Å²) in [6, 6.07) is 4.96. The topological polar surface area (TPSA) is 74.3 Å². The molecule has 4 heterocycles. The molecule has 1 aliphatic heterocycles. The Hall–Kier alpha value is -3.10. The molecule has 2 aliphatic rings. The van der Waals surface area contributed by atoms with Gasteiger partial charge < -0.3 is 4.74 Å². The van der Waals surface area contributed by atoms with E-state index >= 15 is 4.39 Å². The average molecular weight is 508 g/mol. The first kappa shape index (κ1) is 23.3. The molecule has 186 valence electrons. The van der Waals surface area contributed by atoms with Crippen molar-refractivity contribution in [3.8, 4) is 11.3 Å². The number of halogens is 2. The van der Waals surface area contributed by atoms with Crippen molar-refractivity contribution in [2.24, 2.45) is 0 Å². The van der Waals surface area contributed by atoms with Gasteiger partial charge in [-0.3, -0.25) is 13.9 Å². The van der Waals surface area contributed by atoms with Crippen LogP contribution in [0.1, 0.15) is 73.2 Å². The van der Waals surface area contributed by atoms with Crippen molar-refractivity contribution in [3.05, 3.63) is 80.5 Å². The third kappa shape index (κ3) is 4.12. The lowest BCUT2D eigenvalue weighted by molar-refractivity contribution is -0.0506. The van der Waals surface area contributed by atoms with E-state index in [2.05, 4.69) is 16.3 Å². The number of hydrogen-bond acceptors (Lipinski definition) is 5. The van der Waals surface area contributed by atoms with E-state index in [-0.39, 0.29) is 29.2 Å². The largest absolute Gasteiger partial charge is 0.370 e. The van der Waals surface area contributed by atoms with Crippen LogP contribution in [0.25, 0.3) is 16.9 Å². The number of ether oxygens (including phenoxy) is 1. The van der Waals surface area contributed by atoms with Crippen LogP contribution in [0.2, 0.25) is 5.02 Å². The van der Waals surface area contributed by atoms with E-state index in [0.29, 0.717) is 45.8 Å². The van der Waals surface area contributed by atoms with Crippen LogP contribution in [0.15, 0.2) is 41.6 Å². The normalized spacial score (nSPS) is 22.3. The Balaban J connectivity index is 1.47. The van der Waals surface area contributed by atoms with Crippen LogP contribution in [0, 0.1) is 19.7 Å². The van der Waals surface area contributed by atoms with Gasteiger partial charge in [-0.25, -0.2) is 14.4 Å². The zero-order valence-electron chi connectivity index (χ0n) is 20.4. The monoisotopic (exact) mass is 507 g/mol. The zero-order valence-corrected chi connectivity index (χ0v) is 21.2. The second-order valence-corrected chi connectivity index (χ2v) is 10.5. The van der Waals surface area contributed by atoms with Crippen molar-refractivity contribution in [2.75, 3.05) is 0 Å². The molecule has 3 aromatic heterocycles. The maximum atomic E-state index is 15.1. The highest BCUT2D eigenvalue weighted by Gasteiger charge is 2.33. The standard InChI is InChI=1S/C27H27ClFN5O2/c1-14-8-17(9-24(36-14)18-11-30-34(12-18)20-5-6-20)23-13-33-26(31-16(3)15(2)27(33)35)25(32-23)21-7-4-19(28)10-22(21)29/h4,7,10-14,17,20,24H,5-6,8-9H2,1-3H3/t14-,17-,24+/m0/s1. The smallest absolute Gasteiger partial charge is 0.261 e. The maximum Gasteiger partial charge on any atom is 0.261 e. The summed E-state index contributed by atoms with van der Waals surface area (Å²) in [4.78, 5) is 22.8. The van der Waals surface area contributed by atoms with Crippen molar-refractivity contribution in [3.63, 3.8) is 0 Å². The first-order valence-corrected chi connectivity index (χ1v) is 12.7. The highest BCUT2D eigenvalue weighted by Crippen LogP contribution is 2.41. The fourth-order valence-electron chi connectivity index (χ4n) is 5.07. The first-order chi connectivity index (χ1) is 17.3. The van der Waals surface area contributed by atoms with Gasteiger partial charge in [0.15, 0.2) is 5.65 Å². The molecule has 6 rings (SSSR count). The number of rotatable bonds is 4. The number of nitrogens with zero attached hydrogens (tertiary/aromatic N) is 5. The van der Waals surface area contributed by atoms with E-state index in [1.54, 1.807) is 32.2 Å². The van der Waals surface area contributed by atoms with Gasteiger partial charge in [0.25, 0.3) is 5.56 Å². The van der Waals surface area contributed by atoms with Gasteiger partial charge in [0, 0.05) is 45.7 Å². The van der Waals surface area contributed by atoms with Gasteiger partial charge in [-0.15, -0.1) is 0 Å². The molecule has 9 heteroatoms. The lowest BCUT2D eigenvalue weighted by Gasteiger charge is -2.33. The second-order valence-electron chi connectivity index (χ2n) is 10.0. The predicted molar refractivity (Wildman–Crippen MR) is 135 cm³/mol. The van der Waals surface area contributed by atoms with Crippen LogP contribution in [0.5, 0.6) is 0 Å². The lowest BCUT2D eigenvalue weighted by Crippen LogP contribution is -2.27. The summed E-state index contributed by atoms with van der Waals surface area (Å²) >= 11 is 6.01. The minimum absolute atomic E-state index is 0.00930. The van der Waals surface area contributed by atoms with Crippen LogP contribution in [0.4, 0.5) is 4.39 Å². The number of hydrogen-bond donors (Lipinski definition) is 0. The van der Waals surface area contributed by atoms with Crippen molar-refractivity contribution in [1.29, 1.82) is 0 Å². The third-order valence-corrected chi connectivity index (χ3v) is 7.56. The summed E-state index contributed by atoms with van der Waals surface area (Å²) < 4.78 is 24.9. The summed E-state index contributed by atoms with van der Waals surface area (Å²) in [5.41, 5.74) is 3.66. The lowest BCUT2D eigenvalue weighted by atomic mass is 9.87. The van der Waals surface area contributed by atoms with E-state index in [4.69, 9.17) is 21.3 Å². The van der Waals surface area contributed by atoms with Gasteiger partial charge in [-0.2, -0.15) is 5.10 Å². The van der Waals surface area contributed by atoms with Gasteiger partial charge in [-0.05, 0) is 64.7 Å². The summed E-state index contributed by atoms with van der Waals surface area (Å²) in [6.45, 7) is 5.58. The quantitative estimate of drug-likeness (QED) is 0.353. The molecule has 36 heavy (non-hydrogen) atoms. The van der Waals surface area contributed by atoms with E-state index in [1.807, 2.05) is 17.8 Å². The maximum absolute atomic E-state index is 15.1. The van der Waals surface area contributed by atoms with Gasteiger partial charge in [0.1, 0.15) is 11.5 Å². The molecule has 4 aromatic rings. The van der Waals surface area contributed by atoms with Crippen LogP contribution in [-0.2, 0) is 4.74 Å². The van der Waals surface area contributed by atoms with Crippen LogP contribution >= 0.6 is 11.6 Å². The molecule has 2 fully saturated rings. The Morgan fingerprint density at radius 1 is 1.14 bits per heavy atom. The van der Waals surface area contributed by atoms with Crippen molar-refractivity contribution in [2.45, 2.75) is 70.6 Å². The zero-order chi connectivity index (χ0) is 25.1. The Bertz CT molecular complexity index is 1540. The Labute approximate surface area is 212 Å². The van der Waals surface area contributed by atoms with E-state index in [9.17, 15) is 4.79 Å². The van der Waals surface area contributed by atoms with Crippen LogP contribution < -0.4 is 5.56 Å². The highest BCUT2D eigenvalue weighted by molar-refractivity contribution is 6.30. The second kappa shape index (κ2) is 8.78. The third-order valence-electron chi connectivity index (χ3n) is 7.33. The van der Waals surface area contributed by atoms with E-state index in [1.165, 1.54) is 23.3 Å². The summed E-state index contributed by atoms with van der Waals surface area (Å²) in [6.07, 6.45) is 9.35. The Morgan fingerprint density at radius 2 is 1.94 bits per heavy atom. The molecule has 1 saturated heterocycles. The molecule has 0 radical (unpaired) electrons. The van der Waals surface area contributed by atoms with Crippen LogP contribution in [-0.4, -0.2) is 30.3 Å². The number of aryl methyl sites for hydroxylation is 1. The number of benzene rings is 1. The molecule has 0 unspecified atom stereocenters. The van der Waals surface area contributed by atoms with E-state index < -0.39 is 5.82 Å².